The molecule has 0 aliphatic rings. The van der Waals surface area contributed by atoms with Gasteiger partial charge in [-0.3, -0.25) is 4.79 Å². The van der Waals surface area contributed by atoms with E-state index >= 15 is 0 Å². The molecule has 7 heteroatoms. The van der Waals surface area contributed by atoms with Gasteiger partial charge in [0.05, 0.1) is 0 Å². The zero-order valence-electron chi connectivity index (χ0n) is 12.3. The fraction of sp³-hybridized carbons (Fsp3) is 0.333. The summed E-state index contributed by atoms with van der Waals surface area (Å²) in [6, 6.07) is 3.69. The van der Waals surface area contributed by atoms with Gasteiger partial charge < -0.3 is 10.4 Å². The lowest BCUT2D eigenvalue weighted by atomic mass is 10.2. The highest BCUT2D eigenvalue weighted by Crippen LogP contribution is 2.15. The summed E-state index contributed by atoms with van der Waals surface area (Å²) in [6.07, 6.45) is 0. The summed E-state index contributed by atoms with van der Waals surface area (Å²) >= 11 is 0. The Hall–Kier alpha value is -2.28. The minimum Gasteiger partial charge on any atom is -0.506 e. The standard InChI is InChI=1S/C15H17F2N3O2/c1-9(2)7-18-8-12-14(21)6-15(22)20(19-12)13-5-10(16)3-4-11(13)17/h3-6,9,18,21H,7-8H2,1-2H3. The number of nitrogens with zero attached hydrogens (tertiary/aromatic N) is 2. The normalized spacial score (nSPS) is 11.1. The van der Waals surface area contributed by atoms with Gasteiger partial charge in [-0.15, -0.1) is 0 Å². The molecule has 0 bridgehead atoms. The van der Waals surface area contributed by atoms with Crippen molar-refractivity contribution in [2.24, 2.45) is 5.92 Å². The smallest absolute Gasteiger partial charge is 0.275 e. The summed E-state index contributed by atoms with van der Waals surface area (Å²) in [5.41, 5.74) is -0.853. The summed E-state index contributed by atoms with van der Waals surface area (Å²) in [6.45, 7) is 4.93. The maximum atomic E-state index is 13.8. The third kappa shape index (κ3) is 3.67. The molecule has 1 aromatic heterocycles. The molecular weight excluding hydrogens is 292 g/mol. The van der Waals surface area contributed by atoms with E-state index in [1.165, 1.54) is 0 Å². The second kappa shape index (κ2) is 6.65. The molecule has 5 nitrogen and oxygen atoms in total. The lowest BCUT2D eigenvalue weighted by molar-refractivity contribution is 0.446. The van der Waals surface area contributed by atoms with E-state index in [1.54, 1.807) is 0 Å². The Bertz CT molecular complexity index is 729. The number of rotatable bonds is 5. The first-order valence-electron chi connectivity index (χ1n) is 6.87. The summed E-state index contributed by atoms with van der Waals surface area (Å²) in [5.74, 6) is -1.34. The number of aromatic hydroxyl groups is 1. The molecule has 0 saturated carbocycles. The molecule has 0 amide bonds. The second-order valence-corrected chi connectivity index (χ2v) is 5.35. The minimum atomic E-state index is -0.775. The SMILES string of the molecule is CC(C)CNCc1nn(-c2cc(F)ccc2F)c(=O)cc1O. The molecule has 118 valence electrons. The van der Waals surface area contributed by atoms with Gasteiger partial charge in [-0.2, -0.15) is 9.78 Å². The summed E-state index contributed by atoms with van der Waals surface area (Å²) in [7, 11) is 0. The van der Waals surface area contributed by atoms with Crippen molar-refractivity contribution in [1.29, 1.82) is 0 Å². The molecule has 0 spiro atoms. The second-order valence-electron chi connectivity index (χ2n) is 5.35. The molecule has 0 atom stereocenters. The minimum absolute atomic E-state index is 0.184. The van der Waals surface area contributed by atoms with E-state index < -0.39 is 17.2 Å². The highest BCUT2D eigenvalue weighted by molar-refractivity contribution is 5.35. The van der Waals surface area contributed by atoms with Gasteiger partial charge in [-0.1, -0.05) is 13.8 Å². The first-order chi connectivity index (χ1) is 10.4. The number of nitrogens with one attached hydrogen (secondary N) is 1. The number of halogens is 2. The number of hydrogen-bond acceptors (Lipinski definition) is 4. The third-order valence-corrected chi connectivity index (χ3v) is 2.97. The molecule has 1 heterocycles. The largest absolute Gasteiger partial charge is 0.506 e. The molecule has 2 N–H and O–H groups in total. The topological polar surface area (TPSA) is 67.2 Å². The zero-order chi connectivity index (χ0) is 16.3. The van der Waals surface area contributed by atoms with Crippen LogP contribution in [-0.2, 0) is 6.54 Å². The third-order valence-electron chi connectivity index (χ3n) is 2.97. The van der Waals surface area contributed by atoms with Crippen molar-refractivity contribution in [2.75, 3.05) is 6.54 Å². The van der Waals surface area contributed by atoms with Crippen LogP contribution in [0.2, 0.25) is 0 Å². The highest BCUT2D eigenvalue weighted by Gasteiger charge is 2.13. The van der Waals surface area contributed by atoms with E-state index in [0.717, 1.165) is 28.9 Å². The van der Waals surface area contributed by atoms with Crippen LogP contribution in [0.5, 0.6) is 5.75 Å². The zero-order valence-corrected chi connectivity index (χ0v) is 12.3. The molecule has 1 aromatic carbocycles. The molecule has 2 rings (SSSR count). The Labute approximate surface area is 126 Å². The highest BCUT2D eigenvalue weighted by atomic mass is 19.1. The summed E-state index contributed by atoms with van der Waals surface area (Å²) in [5, 5.41) is 16.8. The number of aromatic nitrogens is 2. The van der Waals surface area contributed by atoms with Crippen LogP contribution in [0.15, 0.2) is 29.1 Å². The Balaban J connectivity index is 2.40. The van der Waals surface area contributed by atoms with Crippen LogP contribution >= 0.6 is 0 Å². The summed E-state index contributed by atoms with van der Waals surface area (Å²) in [4.78, 5) is 11.9. The molecule has 2 aromatic rings. The van der Waals surface area contributed by atoms with Crippen molar-refractivity contribution >= 4 is 0 Å². The Kier molecular flexibility index (Phi) is 4.87. The Morgan fingerprint density at radius 3 is 2.73 bits per heavy atom. The van der Waals surface area contributed by atoms with E-state index in [2.05, 4.69) is 10.4 Å². The summed E-state index contributed by atoms with van der Waals surface area (Å²) < 4.78 is 27.8. The van der Waals surface area contributed by atoms with Crippen molar-refractivity contribution in [2.45, 2.75) is 20.4 Å². The van der Waals surface area contributed by atoms with Crippen molar-refractivity contribution in [1.82, 2.24) is 15.1 Å². The van der Waals surface area contributed by atoms with E-state index in [0.29, 0.717) is 12.5 Å². The monoisotopic (exact) mass is 309 g/mol. The molecule has 0 saturated heterocycles. The Morgan fingerprint density at radius 2 is 2.05 bits per heavy atom. The van der Waals surface area contributed by atoms with E-state index in [-0.39, 0.29) is 23.7 Å². The van der Waals surface area contributed by atoms with Crippen LogP contribution in [0.4, 0.5) is 8.78 Å². The van der Waals surface area contributed by atoms with Crippen molar-refractivity contribution < 1.29 is 13.9 Å². The van der Waals surface area contributed by atoms with Gasteiger partial charge in [0.2, 0.25) is 0 Å². The molecule has 0 radical (unpaired) electrons. The van der Waals surface area contributed by atoms with Gasteiger partial charge in [0.1, 0.15) is 28.8 Å². The van der Waals surface area contributed by atoms with Crippen LogP contribution in [-0.4, -0.2) is 21.4 Å². The van der Waals surface area contributed by atoms with Crippen molar-refractivity contribution in [3.8, 4) is 11.4 Å². The lowest BCUT2D eigenvalue weighted by Crippen LogP contribution is -2.26. The molecule has 0 aliphatic heterocycles. The van der Waals surface area contributed by atoms with E-state index in [1.807, 2.05) is 13.8 Å². The molecule has 0 aliphatic carbocycles. The molecule has 0 fully saturated rings. The van der Waals surface area contributed by atoms with Crippen molar-refractivity contribution in [3.05, 3.63) is 51.9 Å². The fourth-order valence-corrected chi connectivity index (χ4v) is 1.91. The molecule has 0 unspecified atom stereocenters. The van der Waals surface area contributed by atoms with Gasteiger partial charge in [0.15, 0.2) is 0 Å². The molecule has 22 heavy (non-hydrogen) atoms. The van der Waals surface area contributed by atoms with Crippen LogP contribution in [0.25, 0.3) is 5.69 Å². The van der Waals surface area contributed by atoms with Crippen molar-refractivity contribution in [3.63, 3.8) is 0 Å². The number of benzene rings is 1. The predicted molar refractivity (Wildman–Crippen MR) is 78.0 cm³/mol. The quantitative estimate of drug-likeness (QED) is 0.886. The van der Waals surface area contributed by atoms with Gasteiger partial charge in [0.25, 0.3) is 5.56 Å². The van der Waals surface area contributed by atoms with Gasteiger partial charge >= 0.3 is 0 Å². The molecular formula is C15H17F2N3O2. The number of hydrogen-bond donors (Lipinski definition) is 2. The first-order valence-corrected chi connectivity index (χ1v) is 6.87. The van der Waals surface area contributed by atoms with Gasteiger partial charge in [0, 0.05) is 18.7 Å². The Morgan fingerprint density at radius 1 is 1.32 bits per heavy atom. The average Bonchev–Trinajstić information content (AvgIpc) is 2.44. The fourth-order valence-electron chi connectivity index (χ4n) is 1.91. The lowest BCUT2D eigenvalue weighted by Gasteiger charge is -2.11. The van der Waals surface area contributed by atoms with Crippen LogP contribution in [0.1, 0.15) is 19.5 Å². The van der Waals surface area contributed by atoms with E-state index in [4.69, 9.17) is 0 Å². The average molecular weight is 309 g/mol. The first kappa shape index (κ1) is 16.1. The van der Waals surface area contributed by atoms with Crippen LogP contribution in [0.3, 0.4) is 0 Å². The van der Waals surface area contributed by atoms with Crippen LogP contribution < -0.4 is 10.9 Å². The van der Waals surface area contributed by atoms with Gasteiger partial charge in [-0.05, 0) is 24.6 Å². The maximum absolute atomic E-state index is 13.8. The van der Waals surface area contributed by atoms with Gasteiger partial charge in [-0.25, -0.2) is 8.78 Å². The van der Waals surface area contributed by atoms with Crippen LogP contribution in [0, 0.1) is 17.6 Å². The maximum Gasteiger partial charge on any atom is 0.275 e. The van der Waals surface area contributed by atoms with E-state index in [9.17, 15) is 18.7 Å². The predicted octanol–water partition coefficient (Wildman–Crippen LogP) is 1.96.